The largest absolute Gasteiger partial charge is 0.319 e. The van der Waals surface area contributed by atoms with E-state index >= 15 is 0 Å². The van der Waals surface area contributed by atoms with Crippen molar-refractivity contribution in [3.8, 4) is 0 Å². The van der Waals surface area contributed by atoms with Crippen LogP contribution in [0.15, 0.2) is 18.2 Å². The van der Waals surface area contributed by atoms with Gasteiger partial charge in [0.05, 0.1) is 5.02 Å². The average Bonchev–Trinajstić information content (AvgIpc) is 2.25. The third kappa shape index (κ3) is 3.76. The molecule has 1 aromatic carbocycles. The number of halogens is 2. The first kappa shape index (κ1) is 13.5. The predicted molar refractivity (Wildman–Crippen MR) is 67.4 cm³/mol. The second-order valence-electron chi connectivity index (χ2n) is 4.13. The summed E-state index contributed by atoms with van der Waals surface area (Å²) in [5.41, 5.74) is 0.723. The first-order valence-electron chi connectivity index (χ1n) is 5.76. The Hall–Kier alpha value is -0.600. The van der Waals surface area contributed by atoms with Gasteiger partial charge in [0.15, 0.2) is 0 Å². The van der Waals surface area contributed by atoms with Crippen LogP contribution in [0.5, 0.6) is 0 Å². The quantitative estimate of drug-likeness (QED) is 0.804. The first-order valence-corrected chi connectivity index (χ1v) is 6.14. The Labute approximate surface area is 102 Å². The Morgan fingerprint density at radius 2 is 2.19 bits per heavy atom. The van der Waals surface area contributed by atoms with E-state index < -0.39 is 0 Å². The molecule has 1 N–H and O–H groups in total. The SMILES string of the molecule is CCCC(CNC)Cc1cccc(Cl)c1F. The topological polar surface area (TPSA) is 12.0 Å². The van der Waals surface area contributed by atoms with Crippen molar-refractivity contribution in [2.75, 3.05) is 13.6 Å². The highest BCUT2D eigenvalue weighted by Crippen LogP contribution is 2.21. The van der Waals surface area contributed by atoms with Crippen molar-refractivity contribution in [1.29, 1.82) is 0 Å². The molecule has 0 heterocycles. The van der Waals surface area contributed by atoms with E-state index in [0.29, 0.717) is 5.92 Å². The summed E-state index contributed by atoms with van der Waals surface area (Å²) in [7, 11) is 1.93. The minimum atomic E-state index is -0.263. The lowest BCUT2D eigenvalue weighted by Gasteiger charge is -2.16. The molecule has 0 radical (unpaired) electrons. The van der Waals surface area contributed by atoms with Gasteiger partial charge < -0.3 is 5.32 Å². The predicted octanol–water partition coefficient (Wildman–Crippen LogP) is 3.66. The Kier molecular flexibility index (Phi) is 5.78. The molecule has 1 nitrogen and oxygen atoms in total. The Balaban J connectivity index is 2.72. The van der Waals surface area contributed by atoms with E-state index in [1.54, 1.807) is 6.07 Å². The van der Waals surface area contributed by atoms with Crippen molar-refractivity contribution in [2.45, 2.75) is 26.2 Å². The lowest BCUT2D eigenvalue weighted by atomic mass is 9.95. The highest BCUT2D eigenvalue weighted by Gasteiger charge is 2.12. The maximum atomic E-state index is 13.7. The molecule has 0 aliphatic rings. The van der Waals surface area contributed by atoms with Crippen LogP contribution in [-0.2, 0) is 6.42 Å². The van der Waals surface area contributed by atoms with Crippen LogP contribution in [0.4, 0.5) is 4.39 Å². The second-order valence-corrected chi connectivity index (χ2v) is 4.54. The van der Waals surface area contributed by atoms with E-state index in [0.717, 1.165) is 31.4 Å². The molecular formula is C13H19ClFN. The number of hydrogen-bond acceptors (Lipinski definition) is 1. The van der Waals surface area contributed by atoms with Crippen LogP contribution in [0.3, 0.4) is 0 Å². The van der Waals surface area contributed by atoms with Gasteiger partial charge in [-0.2, -0.15) is 0 Å². The third-order valence-corrected chi connectivity index (χ3v) is 3.02. The molecule has 90 valence electrons. The lowest BCUT2D eigenvalue weighted by Crippen LogP contribution is -2.21. The van der Waals surface area contributed by atoms with E-state index in [9.17, 15) is 4.39 Å². The number of hydrogen-bond donors (Lipinski definition) is 1. The molecule has 1 aromatic rings. The van der Waals surface area contributed by atoms with Crippen LogP contribution in [0.2, 0.25) is 5.02 Å². The van der Waals surface area contributed by atoms with E-state index in [-0.39, 0.29) is 10.8 Å². The fourth-order valence-corrected chi connectivity index (χ4v) is 2.18. The normalized spacial score (nSPS) is 12.8. The summed E-state index contributed by atoms with van der Waals surface area (Å²) in [6.07, 6.45) is 2.97. The van der Waals surface area contributed by atoms with Gasteiger partial charge in [-0.05, 0) is 44.0 Å². The maximum Gasteiger partial charge on any atom is 0.144 e. The summed E-state index contributed by atoms with van der Waals surface area (Å²) in [5, 5.41) is 3.37. The van der Waals surface area contributed by atoms with Crippen molar-refractivity contribution >= 4 is 11.6 Å². The fourth-order valence-electron chi connectivity index (χ4n) is 1.99. The van der Waals surface area contributed by atoms with Crippen molar-refractivity contribution in [1.82, 2.24) is 5.32 Å². The van der Waals surface area contributed by atoms with Gasteiger partial charge in [0.25, 0.3) is 0 Å². The van der Waals surface area contributed by atoms with Crippen LogP contribution in [0.25, 0.3) is 0 Å². The molecule has 0 amide bonds. The van der Waals surface area contributed by atoms with E-state index in [2.05, 4.69) is 12.2 Å². The zero-order chi connectivity index (χ0) is 12.0. The molecule has 0 spiro atoms. The van der Waals surface area contributed by atoms with Crippen LogP contribution in [0, 0.1) is 11.7 Å². The van der Waals surface area contributed by atoms with Gasteiger partial charge in [-0.15, -0.1) is 0 Å². The molecule has 0 aliphatic carbocycles. The van der Waals surface area contributed by atoms with Gasteiger partial charge in [0, 0.05) is 0 Å². The molecule has 1 atom stereocenters. The molecule has 1 rings (SSSR count). The molecule has 0 fully saturated rings. The van der Waals surface area contributed by atoms with Gasteiger partial charge in [0.1, 0.15) is 5.82 Å². The highest BCUT2D eigenvalue weighted by atomic mass is 35.5. The van der Waals surface area contributed by atoms with Crippen molar-refractivity contribution in [2.24, 2.45) is 5.92 Å². The second kappa shape index (κ2) is 6.87. The van der Waals surface area contributed by atoms with Crippen molar-refractivity contribution < 1.29 is 4.39 Å². The van der Waals surface area contributed by atoms with Crippen molar-refractivity contribution in [3.63, 3.8) is 0 Å². The summed E-state index contributed by atoms with van der Waals surface area (Å²) >= 11 is 5.76. The minimum Gasteiger partial charge on any atom is -0.319 e. The Morgan fingerprint density at radius 3 is 2.81 bits per heavy atom. The number of nitrogens with one attached hydrogen (secondary N) is 1. The monoisotopic (exact) mass is 243 g/mol. The molecule has 1 unspecified atom stereocenters. The average molecular weight is 244 g/mol. The van der Waals surface area contributed by atoms with Crippen LogP contribution < -0.4 is 5.32 Å². The summed E-state index contributed by atoms with van der Waals surface area (Å²) in [4.78, 5) is 0. The van der Waals surface area contributed by atoms with Crippen LogP contribution in [0.1, 0.15) is 25.3 Å². The van der Waals surface area contributed by atoms with Gasteiger partial charge in [-0.3, -0.25) is 0 Å². The van der Waals surface area contributed by atoms with E-state index in [1.165, 1.54) is 0 Å². The Bertz CT molecular complexity index is 322. The summed E-state index contributed by atoms with van der Waals surface area (Å²) < 4.78 is 13.7. The lowest BCUT2D eigenvalue weighted by molar-refractivity contribution is 0.447. The van der Waals surface area contributed by atoms with E-state index in [1.807, 2.05) is 19.2 Å². The zero-order valence-electron chi connectivity index (χ0n) is 9.89. The molecule has 0 aliphatic heterocycles. The van der Waals surface area contributed by atoms with Crippen LogP contribution >= 0.6 is 11.6 Å². The molecular weight excluding hydrogens is 225 g/mol. The van der Waals surface area contributed by atoms with Gasteiger partial charge in [-0.1, -0.05) is 37.1 Å². The smallest absolute Gasteiger partial charge is 0.144 e. The van der Waals surface area contributed by atoms with Gasteiger partial charge >= 0.3 is 0 Å². The standard InChI is InChI=1S/C13H19ClFN/c1-3-5-10(9-16-2)8-11-6-4-7-12(14)13(11)15/h4,6-7,10,16H,3,5,8-9H2,1-2H3. The van der Waals surface area contributed by atoms with Gasteiger partial charge in [-0.25, -0.2) is 4.39 Å². The Morgan fingerprint density at radius 1 is 1.44 bits per heavy atom. The fraction of sp³-hybridized carbons (Fsp3) is 0.538. The molecule has 0 bridgehead atoms. The molecule has 0 saturated heterocycles. The summed E-state index contributed by atoms with van der Waals surface area (Å²) in [6.45, 7) is 3.07. The van der Waals surface area contributed by atoms with Crippen molar-refractivity contribution in [3.05, 3.63) is 34.6 Å². The highest BCUT2D eigenvalue weighted by molar-refractivity contribution is 6.30. The van der Waals surface area contributed by atoms with Gasteiger partial charge in [0.2, 0.25) is 0 Å². The van der Waals surface area contributed by atoms with Crippen LogP contribution in [-0.4, -0.2) is 13.6 Å². The first-order chi connectivity index (χ1) is 7.69. The summed E-state index contributed by atoms with van der Waals surface area (Å²) in [5.74, 6) is 0.212. The number of rotatable bonds is 6. The minimum absolute atomic E-state index is 0.220. The van der Waals surface area contributed by atoms with E-state index in [4.69, 9.17) is 11.6 Å². The molecule has 16 heavy (non-hydrogen) atoms. The summed E-state index contributed by atoms with van der Waals surface area (Å²) in [6, 6.07) is 5.22. The maximum absolute atomic E-state index is 13.7. The molecule has 0 saturated carbocycles. The zero-order valence-corrected chi connectivity index (χ0v) is 10.6. The molecule has 0 aromatic heterocycles. The third-order valence-electron chi connectivity index (χ3n) is 2.73. The molecule has 3 heteroatoms. The number of benzene rings is 1.